The van der Waals surface area contributed by atoms with E-state index in [0.717, 1.165) is 17.5 Å². The molecule has 3 atom stereocenters. The molecule has 4 heteroatoms. The van der Waals surface area contributed by atoms with Crippen LogP contribution < -0.4 is 0 Å². The summed E-state index contributed by atoms with van der Waals surface area (Å²) in [7, 11) is 0. The van der Waals surface area contributed by atoms with Gasteiger partial charge in [-0.1, -0.05) is 72.8 Å². The van der Waals surface area contributed by atoms with E-state index in [0.29, 0.717) is 26.1 Å². The van der Waals surface area contributed by atoms with E-state index in [4.69, 9.17) is 14.2 Å². The summed E-state index contributed by atoms with van der Waals surface area (Å²) < 4.78 is 17.6. The molecule has 0 radical (unpaired) electrons. The first-order valence-corrected chi connectivity index (χ1v) is 9.88. The van der Waals surface area contributed by atoms with Crippen LogP contribution in [-0.4, -0.2) is 24.3 Å². The molecule has 2 aromatic rings. The van der Waals surface area contributed by atoms with Crippen molar-refractivity contribution in [2.24, 2.45) is 0 Å². The Balaban J connectivity index is 1.59. The second-order valence-electron chi connectivity index (χ2n) is 7.08. The molecule has 0 spiro atoms. The van der Waals surface area contributed by atoms with Crippen LogP contribution in [-0.2, 0) is 32.2 Å². The highest BCUT2D eigenvalue weighted by atomic mass is 16.6. The Morgan fingerprint density at radius 3 is 2.18 bits per heavy atom. The molecule has 0 N–H and O–H groups in total. The highest BCUT2D eigenvalue weighted by Gasteiger charge is 2.22. The van der Waals surface area contributed by atoms with E-state index >= 15 is 0 Å². The molecule has 28 heavy (non-hydrogen) atoms. The minimum Gasteiger partial charge on any atom is -0.460 e. The lowest BCUT2D eigenvalue weighted by molar-refractivity contribution is -0.155. The lowest BCUT2D eigenvalue weighted by Gasteiger charge is -2.24. The van der Waals surface area contributed by atoms with Crippen LogP contribution in [0.2, 0.25) is 0 Å². The quantitative estimate of drug-likeness (QED) is 0.532. The van der Waals surface area contributed by atoms with Crippen molar-refractivity contribution < 1.29 is 19.0 Å². The van der Waals surface area contributed by atoms with Crippen LogP contribution in [0.1, 0.15) is 37.3 Å². The molecule has 1 aliphatic heterocycles. The van der Waals surface area contributed by atoms with Gasteiger partial charge in [-0.05, 0) is 30.9 Å². The van der Waals surface area contributed by atoms with E-state index in [2.05, 4.69) is 6.08 Å². The van der Waals surface area contributed by atoms with Gasteiger partial charge in [-0.3, -0.25) is 4.79 Å². The molecule has 0 aromatic heterocycles. The molecule has 2 aromatic carbocycles. The van der Waals surface area contributed by atoms with Gasteiger partial charge in [-0.2, -0.15) is 0 Å². The van der Waals surface area contributed by atoms with Crippen LogP contribution in [0.15, 0.2) is 72.8 Å². The minimum absolute atomic E-state index is 0.0211. The predicted molar refractivity (Wildman–Crippen MR) is 109 cm³/mol. The summed E-state index contributed by atoms with van der Waals surface area (Å²) in [6, 6.07) is 20.1. The van der Waals surface area contributed by atoms with Crippen molar-refractivity contribution in [1.82, 2.24) is 0 Å². The maximum atomic E-state index is 12.2. The van der Waals surface area contributed by atoms with Gasteiger partial charge in [-0.15, -0.1) is 0 Å². The topological polar surface area (TPSA) is 44.8 Å². The first-order chi connectivity index (χ1) is 13.7. The summed E-state index contributed by atoms with van der Waals surface area (Å²) in [6.45, 7) is 2.90. The standard InChI is InChI=1S/C24H28O4/c1-19-23(27-18-21-11-6-3-7-12-21)14-8-13-22(15-16-24(25)28-19)26-17-20-9-4-2-5-10-20/h2-12,14,19,22-23H,13,15-18H2,1H3/b14-8-/t19-,22-,23-/m1/s1. The summed E-state index contributed by atoms with van der Waals surface area (Å²) in [5.74, 6) is -0.204. The number of hydrogen-bond donors (Lipinski definition) is 0. The van der Waals surface area contributed by atoms with Crippen LogP contribution in [0.4, 0.5) is 0 Å². The van der Waals surface area contributed by atoms with E-state index in [9.17, 15) is 4.79 Å². The monoisotopic (exact) mass is 380 g/mol. The fourth-order valence-electron chi connectivity index (χ4n) is 3.15. The van der Waals surface area contributed by atoms with Gasteiger partial charge in [0, 0.05) is 6.42 Å². The zero-order valence-electron chi connectivity index (χ0n) is 16.3. The van der Waals surface area contributed by atoms with Crippen molar-refractivity contribution in [3.8, 4) is 0 Å². The van der Waals surface area contributed by atoms with Crippen molar-refractivity contribution in [1.29, 1.82) is 0 Å². The molecular weight excluding hydrogens is 352 g/mol. The molecule has 0 bridgehead atoms. The molecule has 1 aliphatic rings. The number of cyclic esters (lactones) is 1. The average Bonchev–Trinajstić information content (AvgIpc) is 2.73. The van der Waals surface area contributed by atoms with Crippen molar-refractivity contribution in [3.63, 3.8) is 0 Å². The molecule has 0 saturated heterocycles. The fourth-order valence-corrected chi connectivity index (χ4v) is 3.15. The second-order valence-corrected chi connectivity index (χ2v) is 7.08. The van der Waals surface area contributed by atoms with Gasteiger partial charge < -0.3 is 14.2 Å². The Morgan fingerprint density at radius 1 is 0.929 bits per heavy atom. The van der Waals surface area contributed by atoms with Gasteiger partial charge in [0.25, 0.3) is 0 Å². The van der Waals surface area contributed by atoms with Crippen molar-refractivity contribution >= 4 is 5.97 Å². The molecule has 3 rings (SSSR count). The predicted octanol–water partition coefficient (Wildman–Crippen LogP) is 4.83. The smallest absolute Gasteiger partial charge is 0.306 e. The Morgan fingerprint density at radius 2 is 1.54 bits per heavy atom. The van der Waals surface area contributed by atoms with Gasteiger partial charge in [0.15, 0.2) is 0 Å². The van der Waals surface area contributed by atoms with Gasteiger partial charge in [0.05, 0.1) is 19.3 Å². The summed E-state index contributed by atoms with van der Waals surface area (Å²) in [5, 5.41) is 0. The van der Waals surface area contributed by atoms with Gasteiger partial charge >= 0.3 is 5.97 Å². The zero-order chi connectivity index (χ0) is 19.6. The third kappa shape index (κ3) is 6.63. The molecule has 148 valence electrons. The number of benzene rings is 2. The van der Waals surface area contributed by atoms with E-state index in [1.54, 1.807) is 0 Å². The normalized spacial score (nSPS) is 24.3. The van der Waals surface area contributed by atoms with Crippen LogP contribution in [0.25, 0.3) is 0 Å². The number of hydrogen-bond acceptors (Lipinski definition) is 4. The van der Waals surface area contributed by atoms with Crippen molar-refractivity contribution in [3.05, 3.63) is 83.9 Å². The largest absolute Gasteiger partial charge is 0.460 e. The molecule has 4 nitrogen and oxygen atoms in total. The van der Waals surface area contributed by atoms with E-state index in [-0.39, 0.29) is 24.3 Å². The summed E-state index contributed by atoms with van der Waals surface area (Å²) in [6.07, 6.45) is 5.20. The number of ether oxygens (including phenoxy) is 3. The van der Waals surface area contributed by atoms with Crippen LogP contribution in [0.3, 0.4) is 0 Å². The van der Waals surface area contributed by atoms with Gasteiger partial charge in [0.2, 0.25) is 0 Å². The van der Waals surface area contributed by atoms with Crippen LogP contribution >= 0.6 is 0 Å². The maximum Gasteiger partial charge on any atom is 0.306 e. The third-order valence-corrected chi connectivity index (χ3v) is 4.79. The lowest BCUT2D eigenvalue weighted by Crippen LogP contribution is -2.31. The molecule has 0 saturated carbocycles. The first-order valence-electron chi connectivity index (χ1n) is 9.88. The molecule has 1 heterocycles. The van der Waals surface area contributed by atoms with Crippen molar-refractivity contribution in [2.75, 3.05) is 0 Å². The Kier molecular flexibility index (Phi) is 7.82. The van der Waals surface area contributed by atoms with Crippen LogP contribution in [0, 0.1) is 0 Å². The molecule has 0 fully saturated rings. The SMILES string of the molecule is C[C@H]1OC(=O)CC[C@H](OCc2ccccc2)C/C=C\[C@H]1OCc1ccccc1. The highest BCUT2D eigenvalue weighted by molar-refractivity contribution is 5.69. The highest BCUT2D eigenvalue weighted by Crippen LogP contribution is 2.18. The van der Waals surface area contributed by atoms with E-state index in [1.807, 2.05) is 73.7 Å². The average molecular weight is 380 g/mol. The molecule has 0 unspecified atom stereocenters. The lowest BCUT2D eigenvalue weighted by atomic mass is 10.1. The molecular formula is C24H28O4. The minimum atomic E-state index is -0.325. The number of carbonyl (C=O) groups excluding carboxylic acids is 1. The van der Waals surface area contributed by atoms with E-state index < -0.39 is 0 Å². The molecule has 0 aliphatic carbocycles. The summed E-state index contributed by atoms with van der Waals surface area (Å²) in [4.78, 5) is 12.2. The Hall–Kier alpha value is -2.43. The van der Waals surface area contributed by atoms with Crippen LogP contribution in [0.5, 0.6) is 0 Å². The molecule has 0 amide bonds. The summed E-state index contributed by atoms with van der Waals surface area (Å²) >= 11 is 0. The Labute approximate surface area is 167 Å². The van der Waals surface area contributed by atoms with Gasteiger partial charge in [-0.25, -0.2) is 0 Å². The number of esters is 1. The zero-order valence-corrected chi connectivity index (χ0v) is 16.3. The fraction of sp³-hybridized carbons (Fsp3) is 0.375. The van der Waals surface area contributed by atoms with E-state index in [1.165, 1.54) is 0 Å². The number of rotatable bonds is 6. The first kappa shape index (κ1) is 20.3. The summed E-state index contributed by atoms with van der Waals surface area (Å²) in [5.41, 5.74) is 2.22. The maximum absolute atomic E-state index is 12.2. The Bertz CT molecular complexity index is 742. The third-order valence-electron chi connectivity index (χ3n) is 4.79. The van der Waals surface area contributed by atoms with Crippen molar-refractivity contribution in [2.45, 2.75) is 57.7 Å². The number of carbonyl (C=O) groups is 1. The van der Waals surface area contributed by atoms with Gasteiger partial charge in [0.1, 0.15) is 12.2 Å². The second kappa shape index (κ2) is 10.8.